The Morgan fingerprint density at radius 3 is 2.89 bits per heavy atom. The van der Waals surface area contributed by atoms with Gasteiger partial charge >= 0.3 is 0 Å². The number of nitrogens with two attached hydrogens (primary N) is 2. The summed E-state index contributed by atoms with van der Waals surface area (Å²) in [6.07, 6.45) is 1.81. The van der Waals surface area contributed by atoms with Crippen molar-refractivity contribution in [2.24, 2.45) is 5.73 Å². The van der Waals surface area contributed by atoms with Crippen molar-refractivity contribution in [3.05, 3.63) is 39.8 Å². The number of rotatable bonds is 4. The Bertz CT molecular complexity index is 579. The number of hydrogen-bond donors (Lipinski definition) is 3. The molecule has 0 aliphatic rings. The molecule has 18 heavy (non-hydrogen) atoms. The van der Waals surface area contributed by atoms with Crippen molar-refractivity contribution in [1.29, 1.82) is 0 Å². The van der Waals surface area contributed by atoms with Gasteiger partial charge in [0.2, 0.25) is 0 Å². The largest absolute Gasteiger partial charge is 0.399 e. The number of thiazole rings is 1. The minimum atomic E-state index is -0.495. The zero-order valence-electron chi connectivity index (χ0n) is 9.93. The average molecular weight is 262 g/mol. The van der Waals surface area contributed by atoms with Crippen molar-refractivity contribution in [2.75, 3.05) is 11.1 Å². The summed E-state index contributed by atoms with van der Waals surface area (Å²) in [5.74, 6) is -0.495. The van der Waals surface area contributed by atoms with E-state index in [4.69, 9.17) is 11.5 Å². The molecule has 2 rings (SSSR count). The Morgan fingerprint density at radius 1 is 1.50 bits per heavy atom. The number of aromatic nitrogens is 1. The molecular formula is C12H14N4OS. The fraction of sp³-hybridized carbons (Fsp3) is 0.167. The number of benzene rings is 1. The third-order valence-electron chi connectivity index (χ3n) is 2.43. The van der Waals surface area contributed by atoms with E-state index in [0.717, 1.165) is 9.88 Å². The van der Waals surface area contributed by atoms with Gasteiger partial charge in [-0.25, -0.2) is 4.98 Å². The van der Waals surface area contributed by atoms with Crippen LogP contribution in [0.25, 0.3) is 0 Å². The van der Waals surface area contributed by atoms with Crippen molar-refractivity contribution >= 4 is 28.6 Å². The maximum Gasteiger partial charge on any atom is 0.250 e. The van der Waals surface area contributed by atoms with Crippen LogP contribution in [-0.2, 0) is 6.54 Å². The Morgan fingerprint density at radius 2 is 2.28 bits per heavy atom. The summed E-state index contributed by atoms with van der Waals surface area (Å²) < 4.78 is 0. The van der Waals surface area contributed by atoms with Crippen molar-refractivity contribution in [2.45, 2.75) is 13.5 Å². The van der Waals surface area contributed by atoms with Crippen LogP contribution in [0.3, 0.4) is 0 Å². The predicted molar refractivity (Wildman–Crippen MR) is 73.6 cm³/mol. The van der Waals surface area contributed by atoms with E-state index in [9.17, 15) is 4.79 Å². The van der Waals surface area contributed by atoms with Crippen LogP contribution in [0.2, 0.25) is 0 Å². The number of anilines is 2. The number of carbonyl (C=O) groups excluding carboxylic acids is 1. The summed E-state index contributed by atoms with van der Waals surface area (Å²) in [5.41, 5.74) is 12.5. The van der Waals surface area contributed by atoms with Gasteiger partial charge in [0.15, 0.2) is 0 Å². The second-order valence-corrected chi connectivity index (χ2v) is 5.19. The molecule has 0 aliphatic heterocycles. The van der Waals surface area contributed by atoms with Gasteiger partial charge in [0.05, 0.1) is 17.1 Å². The molecule has 0 atom stereocenters. The van der Waals surface area contributed by atoms with Crippen molar-refractivity contribution < 1.29 is 4.79 Å². The summed E-state index contributed by atoms with van der Waals surface area (Å²) in [6.45, 7) is 2.56. The highest BCUT2D eigenvalue weighted by molar-refractivity contribution is 7.11. The van der Waals surface area contributed by atoms with Crippen LogP contribution in [0.15, 0.2) is 24.4 Å². The molecule has 1 heterocycles. The number of nitrogen functional groups attached to an aromatic ring is 1. The Kier molecular flexibility index (Phi) is 3.47. The number of aryl methyl sites for hydroxylation is 1. The van der Waals surface area contributed by atoms with Crippen LogP contribution in [-0.4, -0.2) is 10.9 Å². The molecule has 0 saturated heterocycles. The van der Waals surface area contributed by atoms with Gasteiger partial charge in [-0.1, -0.05) is 0 Å². The van der Waals surface area contributed by atoms with Gasteiger partial charge in [-0.05, 0) is 25.1 Å². The lowest BCUT2D eigenvalue weighted by molar-refractivity contribution is 0.100. The monoisotopic (exact) mass is 262 g/mol. The summed E-state index contributed by atoms with van der Waals surface area (Å²) in [5, 5.41) is 4.18. The van der Waals surface area contributed by atoms with Gasteiger partial charge < -0.3 is 16.8 Å². The quantitative estimate of drug-likeness (QED) is 0.731. The standard InChI is InChI=1S/C12H14N4OS/c1-7-15-5-9(18-7)6-16-11-3-2-8(13)4-10(11)12(14)17/h2-5,16H,6,13H2,1H3,(H2,14,17). The zero-order valence-corrected chi connectivity index (χ0v) is 10.8. The van der Waals surface area contributed by atoms with E-state index in [2.05, 4.69) is 10.3 Å². The second kappa shape index (κ2) is 5.05. The topological polar surface area (TPSA) is 94.0 Å². The van der Waals surface area contributed by atoms with Crippen molar-refractivity contribution in [1.82, 2.24) is 4.98 Å². The third-order valence-corrected chi connectivity index (χ3v) is 3.34. The van der Waals surface area contributed by atoms with Gasteiger partial charge in [0, 0.05) is 22.4 Å². The first-order valence-corrected chi connectivity index (χ1v) is 6.22. The van der Waals surface area contributed by atoms with Crippen LogP contribution in [0.4, 0.5) is 11.4 Å². The first-order valence-electron chi connectivity index (χ1n) is 5.41. The Labute approximate surface area is 109 Å². The summed E-state index contributed by atoms with van der Waals surface area (Å²) >= 11 is 1.61. The molecule has 6 heteroatoms. The molecular weight excluding hydrogens is 248 g/mol. The van der Waals surface area contributed by atoms with Gasteiger partial charge in [0.1, 0.15) is 0 Å². The van der Waals surface area contributed by atoms with E-state index in [1.807, 2.05) is 13.1 Å². The SMILES string of the molecule is Cc1ncc(CNc2ccc(N)cc2C(N)=O)s1. The first-order chi connectivity index (χ1) is 8.56. The van der Waals surface area contributed by atoms with Crippen LogP contribution in [0.5, 0.6) is 0 Å². The Balaban J connectivity index is 2.16. The van der Waals surface area contributed by atoms with E-state index in [-0.39, 0.29) is 0 Å². The molecule has 5 nitrogen and oxygen atoms in total. The molecule has 1 aromatic heterocycles. The number of primary amides is 1. The smallest absolute Gasteiger partial charge is 0.250 e. The maximum absolute atomic E-state index is 11.3. The number of nitrogens with one attached hydrogen (secondary N) is 1. The maximum atomic E-state index is 11.3. The first kappa shape index (κ1) is 12.4. The molecule has 0 spiro atoms. The molecule has 0 unspecified atom stereocenters. The van der Waals surface area contributed by atoms with Gasteiger partial charge in [-0.3, -0.25) is 4.79 Å². The average Bonchev–Trinajstić information content (AvgIpc) is 2.73. The summed E-state index contributed by atoms with van der Waals surface area (Å²) in [6, 6.07) is 5.05. The molecule has 5 N–H and O–H groups in total. The molecule has 2 aromatic rings. The minimum absolute atomic E-state index is 0.399. The van der Waals surface area contributed by atoms with E-state index in [0.29, 0.717) is 23.5 Å². The highest BCUT2D eigenvalue weighted by Crippen LogP contribution is 2.20. The van der Waals surface area contributed by atoms with E-state index >= 15 is 0 Å². The number of amides is 1. The fourth-order valence-electron chi connectivity index (χ4n) is 1.59. The van der Waals surface area contributed by atoms with Crippen molar-refractivity contribution in [3.8, 4) is 0 Å². The molecule has 0 saturated carbocycles. The number of nitrogens with zero attached hydrogens (tertiary/aromatic N) is 1. The lowest BCUT2D eigenvalue weighted by Gasteiger charge is -2.09. The Hall–Kier alpha value is -2.08. The summed E-state index contributed by atoms with van der Waals surface area (Å²) in [4.78, 5) is 16.6. The second-order valence-electron chi connectivity index (χ2n) is 3.87. The van der Waals surface area contributed by atoms with E-state index < -0.39 is 5.91 Å². The molecule has 0 fully saturated rings. The van der Waals surface area contributed by atoms with Gasteiger partial charge in [-0.15, -0.1) is 11.3 Å². The minimum Gasteiger partial charge on any atom is -0.399 e. The zero-order chi connectivity index (χ0) is 13.1. The molecule has 1 aromatic carbocycles. The third kappa shape index (κ3) is 2.78. The highest BCUT2D eigenvalue weighted by Gasteiger charge is 2.08. The van der Waals surface area contributed by atoms with Crippen LogP contribution >= 0.6 is 11.3 Å². The van der Waals surface area contributed by atoms with E-state index in [1.54, 1.807) is 29.5 Å². The highest BCUT2D eigenvalue weighted by atomic mass is 32.1. The number of hydrogen-bond acceptors (Lipinski definition) is 5. The van der Waals surface area contributed by atoms with Crippen molar-refractivity contribution in [3.63, 3.8) is 0 Å². The van der Waals surface area contributed by atoms with Crippen LogP contribution in [0, 0.1) is 6.92 Å². The number of carbonyl (C=O) groups is 1. The molecule has 0 bridgehead atoms. The van der Waals surface area contributed by atoms with Crippen LogP contribution < -0.4 is 16.8 Å². The lowest BCUT2D eigenvalue weighted by Crippen LogP contribution is -2.14. The fourth-order valence-corrected chi connectivity index (χ4v) is 2.32. The molecule has 94 valence electrons. The molecule has 0 aliphatic carbocycles. The lowest BCUT2D eigenvalue weighted by atomic mass is 10.1. The summed E-state index contributed by atoms with van der Waals surface area (Å²) in [7, 11) is 0. The van der Waals surface area contributed by atoms with Crippen LogP contribution in [0.1, 0.15) is 20.2 Å². The van der Waals surface area contributed by atoms with Gasteiger partial charge in [-0.2, -0.15) is 0 Å². The van der Waals surface area contributed by atoms with Gasteiger partial charge in [0.25, 0.3) is 5.91 Å². The predicted octanol–water partition coefficient (Wildman–Crippen LogP) is 1.74. The normalized spacial score (nSPS) is 10.3. The van der Waals surface area contributed by atoms with E-state index in [1.165, 1.54) is 0 Å². The molecule has 0 radical (unpaired) electrons. The molecule has 1 amide bonds.